The minimum atomic E-state index is -3.17. The van der Waals surface area contributed by atoms with Crippen molar-refractivity contribution in [3.8, 4) is 11.8 Å². The molecule has 0 aliphatic rings. The van der Waals surface area contributed by atoms with Crippen LogP contribution in [0, 0.1) is 17.3 Å². The smallest absolute Gasteiger partial charge is 0.0596 e. The molecule has 0 spiro atoms. The molecule has 0 atom stereocenters. The van der Waals surface area contributed by atoms with Gasteiger partial charge < -0.3 is 0 Å². The molecule has 22 heavy (non-hydrogen) atoms. The summed E-state index contributed by atoms with van der Waals surface area (Å²) in [5.41, 5.74) is -0.376. The largest absolute Gasteiger partial charge is 0.298 e. The van der Waals surface area contributed by atoms with E-state index in [-0.39, 0.29) is 15.9 Å². The van der Waals surface area contributed by atoms with E-state index in [2.05, 4.69) is 11.8 Å². The molecule has 114 valence electrons. The van der Waals surface area contributed by atoms with Crippen LogP contribution in [0.25, 0.3) is 10.8 Å². The zero-order valence-electron chi connectivity index (χ0n) is 21.1. The van der Waals surface area contributed by atoms with Crippen LogP contribution in [0.1, 0.15) is 37.3 Å². The topological polar surface area (TPSA) is 3.24 Å². The van der Waals surface area contributed by atoms with Gasteiger partial charge >= 0.3 is 0 Å². The third-order valence-electron chi connectivity index (χ3n) is 2.79. The second-order valence-electron chi connectivity index (χ2n) is 5.89. The predicted octanol–water partition coefficient (Wildman–Crippen LogP) is 4.88. The lowest BCUT2D eigenvalue weighted by molar-refractivity contribution is 0.365. The molecule has 2 rings (SSSR count). The van der Waals surface area contributed by atoms with Gasteiger partial charge in [-0.2, -0.15) is 0 Å². The van der Waals surface area contributed by atoms with Gasteiger partial charge in [-0.3, -0.25) is 4.90 Å². The number of likely N-dealkylation sites (N-methyl/N-ethyl adjacent to an activating group) is 1. The van der Waals surface area contributed by atoms with E-state index in [1.807, 2.05) is 20.8 Å². The van der Waals surface area contributed by atoms with E-state index in [4.69, 9.17) is 11.0 Å². The molecule has 0 fully saturated rings. The number of allylic oxidation sites excluding steroid dienone is 1. The van der Waals surface area contributed by atoms with E-state index >= 15 is 0 Å². The molecule has 0 aromatic heterocycles. The number of fused-ring (bicyclic) bond motifs is 1. The summed E-state index contributed by atoms with van der Waals surface area (Å²) in [5, 5.41) is 1.17. The zero-order valence-corrected chi connectivity index (χ0v) is 13.1. The van der Waals surface area contributed by atoms with E-state index in [1.165, 1.54) is 6.07 Å². The summed E-state index contributed by atoms with van der Waals surface area (Å²) in [4.78, 5) is 0.131. The molecule has 0 bridgehead atoms. The summed E-state index contributed by atoms with van der Waals surface area (Å²) < 4.78 is 65.7. The molecule has 1 nitrogen and oxygen atoms in total. The van der Waals surface area contributed by atoms with Crippen molar-refractivity contribution in [3.05, 3.63) is 60.2 Å². The summed E-state index contributed by atoms with van der Waals surface area (Å²) >= 11 is 0. The first-order chi connectivity index (χ1) is 13.6. The average molecular weight is 299 g/mol. The Kier molecular flexibility index (Phi) is 2.84. The van der Waals surface area contributed by atoms with Gasteiger partial charge in [0, 0.05) is 28.0 Å². The molecule has 0 unspecified atom stereocenters. The number of rotatable bonds is 4. The minimum absolute atomic E-state index is 0.00850. The van der Waals surface area contributed by atoms with E-state index in [0.717, 1.165) is 6.08 Å². The molecular weight excluding hydrogens is 266 g/mol. The van der Waals surface area contributed by atoms with Gasteiger partial charge in [0.25, 0.3) is 0 Å². The van der Waals surface area contributed by atoms with Crippen LogP contribution in [0.5, 0.6) is 0 Å². The standard InChI is InChI=1S/C21H25N/c1-21(2,3)15-8-5-9-16-22(4)17-19-13-10-12-18-11-6-7-14-20(18)19/h5-7,9-14H,16-17H2,1-4H3/i4D3,9D,16D2,17D2. The monoisotopic (exact) mass is 299 g/mol. The van der Waals surface area contributed by atoms with Crippen LogP contribution in [0.4, 0.5) is 0 Å². The molecule has 2 aromatic carbocycles. The molecule has 2 aromatic rings. The van der Waals surface area contributed by atoms with Crippen molar-refractivity contribution in [2.45, 2.75) is 27.3 Å². The maximum absolute atomic E-state index is 8.63. The van der Waals surface area contributed by atoms with Gasteiger partial charge in [-0.15, -0.1) is 0 Å². The number of hydrogen-bond acceptors (Lipinski definition) is 1. The molecular formula is C21H25N. The van der Waals surface area contributed by atoms with Crippen LogP contribution in [-0.2, 0) is 6.50 Å². The molecule has 1 heteroatoms. The summed E-state index contributed by atoms with van der Waals surface area (Å²) in [5.74, 6) is 5.42. The highest BCUT2D eigenvalue weighted by Gasteiger charge is 2.03. The molecule has 0 heterocycles. The second-order valence-corrected chi connectivity index (χ2v) is 5.89. The average Bonchev–Trinajstić information content (AvgIpc) is 2.58. The Morgan fingerprint density at radius 2 is 2.00 bits per heavy atom. The lowest BCUT2D eigenvalue weighted by Crippen LogP contribution is -2.17. The first-order valence-corrected chi connectivity index (χ1v) is 7.07. The Morgan fingerprint density at radius 1 is 1.23 bits per heavy atom. The molecule has 0 radical (unpaired) electrons. The molecule has 0 amide bonds. The Hall–Kier alpha value is -2.04. The number of hydrogen-bond donors (Lipinski definition) is 0. The van der Waals surface area contributed by atoms with Crippen LogP contribution < -0.4 is 0 Å². The van der Waals surface area contributed by atoms with Gasteiger partial charge in [0.05, 0.1) is 1.37 Å². The van der Waals surface area contributed by atoms with Crippen LogP contribution in [0.15, 0.2) is 54.6 Å². The van der Waals surface area contributed by atoms with Crippen LogP contribution in [-0.4, -0.2) is 18.4 Å². The van der Waals surface area contributed by atoms with E-state index in [9.17, 15) is 0 Å². The molecule has 0 saturated heterocycles. The minimum Gasteiger partial charge on any atom is -0.298 e. The fraction of sp³-hybridized carbons (Fsp3) is 0.333. The van der Waals surface area contributed by atoms with Crippen LogP contribution in [0.2, 0.25) is 0 Å². The fourth-order valence-corrected chi connectivity index (χ4v) is 1.86. The predicted molar refractivity (Wildman–Crippen MR) is 96.7 cm³/mol. The van der Waals surface area contributed by atoms with Gasteiger partial charge in [-0.05, 0) is 50.2 Å². The maximum Gasteiger partial charge on any atom is 0.0596 e. The van der Waals surface area contributed by atoms with E-state index in [0.29, 0.717) is 10.8 Å². The maximum atomic E-state index is 8.63. The molecule has 0 aliphatic heterocycles. The van der Waals surface area contributed by atoms with Gasteiger partial charge in [0.1, 0.15) is 0 Å². The summed E-state index contributed by atoms with van der Waals surface area (Å²) in [7, 11) is 0. The van der Waals surface area contributed by atoms with Gasteiger partial charge in [0.2, 0.25) is 0 Å². The fourth-order valence-electron chi connectivity index (χ4n) is 1.86. The Morgan fingerprint density at radius 3 is 2.77 bits per heavy atom. The summed E-state index contributed by atoms with van der Waals surface area (Å²) in [6.07, 6.45) is 0.989. The summed E-state index contributed by atoms with van der Waals surface area (Å²) in [6.45, 7) is -3.31. The second kappa shape index (κ2) is 7.29. The van der Waals surface area contributed by atoms with E-state index < -0.39 is 26.0 Å². The van der Waals surface area contributed by atoms with Gasteiger partial charge in [-0.25, -0.2) is 0 Å². The summed E-state index contributed by atoms with van der Waals surface area (Å²) in [6, 6.07) is 11.0. The van der Waals surface area contributed by atoms with Crippen molar-refractivity contribution in [2.24, 2.45) is 5.41 Å². The van der Waals surface area contributed by atoms with Crippen LogP contribution >= 0.6 is 0 Å². The Bertz CT molecular complexity index is 998. The highest BCUT2D eigenvalue weighted by Crippen LogP contribution is 2.19. The normalized spacial score (nSPS) is 19.5. The van der Waals surface area contributed by atoms with Gasteiger partial charge in [0.15, 0.2) is 0 Å². The lowest BCUT2D eigenvalue weighted by Gasteiger charge is -2.15. The lowest BCUT2D eigenvalue weighted by atomic mass is 9.98. The zero-order chi connectivity index (χ0) is 23.0. The van der Waals surface area contributed by atoms with Crippen molar-refractivity contribution < 1.29 is 11.0 Å². The number of nitrogens with zero attached hydrogens (tertiary/aromatic N) is 1. The quantitative estimate of drug-likeness (QED) is 0.727. The molecule has 0 saturated carbocycles. The first-order valence-electron chi connectivity index (χ1n) is 11.1. The van der Waals surface area contributed by atoms with Crippen molar-refractivity contribution in [2.75, 3.05) is 13.5 Å². The highest BCUT2D eigenvalue weighted by atomic mass is 15.1. The van der Waals surface area contributed by atoms with Crippen molar-refractivity contribution in [1.29, 1.82) is 0 Å². The van der Waals surface area contributed by atoms with Crippen molar-refractivity contribution in [3.63, 3.8) is 0 Å². The Labute approximate surface area is 145 Å². The van der Waals surface area contributed by atoms with E-state index in [1.54, 1.807) is 36.4 Å². The SMILES string of the molecule is [2H]C(=CC#CC(C)(C)C)C([2H])([2H])N(C([2H])([2H])[2H])C([2H])([2H])c1cccc2ccccc12. The highest BCUT2D eigenvalue weighted by molar-refractivity contribution is 5.85. The third kappa shape index (κ3) is 5.06. The number of benzene rings is 2. The third-order valence-corrected chi connectivity index (χ3v) is 2.79. The first kappa shape index (κ1) is 8.56. The van der Waals surface area contributed by atoms with Crippen molar-refractivity contribution in [1.82, 2.24) is 4.90 Å². The Balaban J connectivity index is 2.66. The van der Waals surface area contributed by atoms with Gasteiger partial charge in [-0.1, -0.05) is 60.4 Å². The molecule has 0 aliphatic carbocycles. The molecule has 0 N–H and O–H groups in total. The van der Waals surface area contributed by atoms with Crippen molar-refractivity contribution >= 4 is 10.8 Å². The van der Waals surface area contributed by atoms with Crippen LogP contribution in [0.3, 0.4) is 0 Å².